The van der Waals surface area contributed by atoms with Gasteiger partial charge < -0.3 is 4.74 Å². The number of rotatable bonds is 8. The molecule has 0 unspecified atom stereocenters. The molecule has 0 spiro atoms. The van der Waals surface area contributed by atoms with Gasteiger partial charge in [0.1, 0.15) is 17.1 Å². The molecule has 3 heterocycles. The van der Waals surface area contributed by atoms with Gasteiger partial charge in [0.2, 0.25) is 0 Å². The molecule has 0 saturated heterocycles. The van der Waals surface area contributed by atoms with Crippen LogP contribution in [0.2, 0.25) is 0 Å². The van der Waals surface area contributed by atoms with E-state index in [9.17, 15) is 4.39 Å². The molecule has 0 radical (unpaired) electrons. The van der Waals surface area contributed by atoms with Crippen LogP contribution in [0.25, 0.3) is 22.4 Å². The topological polar surface area (TPSA) is 56.7 Å². The first-order valence-corrected chi connectivity index (χ1v) is 11.5. The summed E-state index contributed by atoms with van der Waals surface area (Å²) in [6, 6.07) is 16.8. The highest BCUT2D eigenvalue weighted by Gasteiger charge is 2.14. The van der Waals surface area contributed by atoms with Crippen LogP contribution >= 0.6 is 11.8 Å². The number of unbranched alkanes of at least 4 members (excludes halogenated alkanes) is 1. The van der Waals surface area contributed by atoms with E-state index in [1.807, 2.05) is 53.2 Å². The SMILES string of the molecule is CCCCOc1ccc(-c2cc3c4nnc(SCc5ccccc5F)n4ccn3n2)cc1. The third-order valence-electron chi connectivity index (χ3n) is 5.22. The van der Waals surface area contributed by atoms with Crippen LogP contribution in [0.15, 0.2) is 72.1 Å². The summed E-state index contributed by atoms with van der Waals surface area (Å²) in [6.45, 7) is 2.87. The van der Waals surface area contributed by atoms with E-state index in [1.54, 1.807) is 16.6 Å². The van der Waals surface area contributed by atoms with Crippen LogP contribution in [-0.2, 0) is 5.75 Å². The van der Waals surface area contributed by atoms with Gasteiger partial charge in [-0.2, -0.15) is 5.10 Å². The summed E-state index contributed by atoms with van der Waals surface area (Å²) in [7, 11) is 0. The van der Waals surface area contributed by atoms with Gasteiger partial charge in [0, 0.05) is 23.7 Å². The van der Waals surface area contributed by atoms with Gasteiger partial charge >= 0.3 is 0 Å². The van der Waals surface area contributed by atoms with Crippen LogP contribution in [0, 0.1) is 5.82 Å². The van der Waals surface area contributed by atoms with E-state index in [0.29, 0.717) is 22.1 Å². The van der Waals surface area contributed by atoms with Gasteiger partial charge in [-0.25, -0.2) is 8.91 Å². The Labute approximate surface area is 189 Å². The molecule has 6 nitrogen and oxygen atoms in total. The largest absolute Gasteiger partial charge is 0.494 e. The van der Waals surface area contributed by atoms with Crippen LogP contribution < -0.4 is 4.74 Å². The molecule has 3 aromatic heterocycles. The molecule has 2 aromatic carbocycles. The maximum absolute atomic E-state index is 13.9. The number of fused-ring (bicyclic) bond motifs is 3. The summed E-state index contributed by atoms with van der Waals surface area (Å²) < 4.78 is 23.4. The van der Waals surface area contributed by atoms with Crippen molar-refractivity contribution in [1.29, 1.82) is 0 Å². The summed E-state index contributed by atoms with van der Waals surface area (Å²) >= 11 is 1.45. The summed E-state index contributed by atoms with van der Waals surface area (Å²) in [5, 5.41) is 14.1. The van der Waals surface area contributed by atoms with Crippen molar-refractivity contribution in [3.63, 3.8) is 0 Å². The van der Waals surface area contributed by atoms with E-state index in [2.05, 4.69) is 17.1 Å². The fraction of sp³-hybridized carbons (Fsp3) is 0.208. The van der Waals surface area contributed by atoms with E-state index in [0.717, 1.165) is 42.0 Å². The Morgan fingerprint density at radius 3 is 2.69 bits per heavy atom. The second kappa shape index (κ2) is 9.00. The van der Waals surface area contributed by atoms with E-state index in [1.165, 1.54) is 17.8 Å². The molecular formula is C24H22FN5OS. The highest BCUT2D eigenvalue weighted by molar-refractivity contribution is 7.98. The lowest BCUT2D eigenvalue weighted by atomic mass is 10.1. The lowest BCUT2D eigenvalue weighted by Crippen LogP contribution is -1.96. The van der Waals surface area contributed by atoms with E-state index < -0.39 is 0 Å². The van der Waals surface area contributed by atoms with Crippen LogP contribution in [0.3, 0.4) is 0 Å². The second-order valence-corrected chi connectivity index (χ2v) is 8.38. The number of nitrogens with zero attached hydrogens (tertiary/aromatic N) is 5. The standard InChI is InChI=1S/C24H22FN5OS/c1-2-3-14-31-19-10-8-17(9-11-19)21-15-22-23-26-27-24(29(23)12-13-30(22)28-21)32-16-18-6-4-5-7-20(18)25/h4-13,15H,2-3,14,16H2,1H3. The molecule has 0 aliphatic carbocycles. The first-order valence-electron chi connectivity index (χ1n) is 10.6. The number of aromatic nitrogens is 5. The Hall–Kier alpha value is -3.39. The molecule has 5 rings (SSSR count). The second-order valence-electron chi connectivity index (χ2n) is 7.44. The molecule has 0 aliphatic rings. The first-order chi connectivity index (χ1) is 15.7. The number of hydrogen-bond donors (Lipinski definition) is 0. The Morgan fingerprint density at radius 1 is 1.03 bits per heavy atom. The van der Waals surface area contributed by atoms with Gasteiger partial charge in [-0.1, -0.05) is 43.3 Å². The minimum absolute atomic E-state index is 0.210. The zero-order valence-corrected chi connectivity index (χ0v) is 18.4. The molecule has 0 amide bonds. The minimum Gasteiger partial charge on any atom is -0.494 e. The van der Waals surface area contributed by atoms with Crippen molar-refractivity contribution in [3.05, 3.63) is 78.4 Å². The van der Waals surface area contributed by atoms with Gasteiger partial charge in [0.15, 0.2) is 10.8 Å². The predicted octanol–water partition coefficient (Wildman–Crippen LogP) is 5.65. The molecular weight excluding hydrogens is 425 g/mol. The number of hydrogen-bond acceptors (Lipinski definition) is 5. The summed E-state index contributed by atoms with van der Waals surface area (Å²) in [5.41, 5.74) is 4.06. The smallest absolute Gasteiger partial charge is 0.196 e. The minimum atomic E-state index is -0.210. The third kappa shape index (κ3) is 4.05. The fourth-order valence-electron chi connectivity index (χ4n) is 3.44. The predicted molar refractivity (Wildman–Crippen MR) is 124 cm³/mol. The van der Waals surface area contributed by atoms with E-state index >= 15 is 0 Å². The lowest BCUT2D eigenvalue weighted by Gasteiger charge is -2.05. The van der Waals surface area contributed by atoms with Crippen LogP contribution in [0.4, 0.5) is 4.39 Å². The summed E-state index contributed by atoms with van der Waals surface area (Å²) in [6.07, 6.45) is 5.92. The van der Waals surface area contributed by atoms with E-state index in [-0.39, 0.29) is 5.82 Å². The maximum Gasteiger partial charge on any atom is 0.196 e. The highest BCUT2D eigenvalue weighted by Crippen LogP contribution is 2.27. The number of ether oxygens (including phenoxy) is 1. The fourth-order valence-corrected chi connectivity index (χ4v) is 4.35. The van der Waals surface area contributed by atoms with Crippen LogP contribution in [0.5, 0.6) is 5.75 Å². The van der Waals surface area contributed by atoms with Crippen molar-refractivity contribution in [2.24, 2.45) is 0 Å². The highest BCUT2D eigenvalue weighted by atomic mass is 32.2. The van der Waals surface area contributed by atoms with Gasteiger partial charge in [-0.05, 0) is 48.4 Å². The Balaban J connectivity index is 1.39. The molecule has 0 aliphatic heterocycles. The molecule has 32 heavy (non-hydrogen) atoms. The van der Waals surface area contributed by atoms with Gasteiger partial charge in [0.25, 0.3) is 0 Å². The Bertz CT molecular complexity index is 1360. The number of halogens is 1. The van der Waals surface area contributed by atoms with Crippen molar-refractivity contribution in [3.8, 4) is 17.0 Å². The molecule has 8 heteroatoms. The van der Waals surface area contributed by atoms with Crippen molar-refractivity contribution >= 4 is 22.9 Å². The van der Waals surface area contributed by atoms with E-state index in [4.69, 9.17) is 9.84 Å². The van der Waals surface area contributed by atoms with Crippen LogP contribution in [0.1, 0.15) is 25.3 Å². The number of benzene rings is 2. The lowest BCUT2D eigenvalue weighted by molar-refractivity contribution is 0.309. The average Bonchev–Trinajstić information content (AvgIpc) is 3.43. The normalized spacial score (nSPS) is 11.4. The zero-order valence-electron chi connectivity index (χ0n) is 17.6. The molecule has 0 bridgehead atoms. The Morgan fingerprint density at radius 2 is 1.88 bits per heavy atom. The quantitative estimate of drug-likeness (QED) is 0.227. The third-order valence-corrected chi connectivity index (χ3v) is 6.21. The van der Waals surface area contributed by atoms with Crippen LogP contribution in [-0.4, -0.2) is 30.8 Å². The molecule has 0 fully saturated rings. The summed E-state index contributed by atoms with van der Waals surface area (Å²) in [4.78, 5) is 0. The van der Waals surface area contributed by atoms with Crippen molar-refractivity contribution in [1.82, 2.24) is 24.2 Å². The Kier molecular flexibility index (Phi) is 5.77. The van der Waals surface area contributed by atoms with Crippen molar-refractivity contribution in [2.75, 3.05) is 6.61 Å². The van der Waals surface area contributed by atoms with Crippen molar-refractivity contribution < 1.29 is 9.13 Å². The number of thioether (sulfide) groups is 1. The average molecular weight is 448 g/mol. The molecule has 5 aromatic rings. The molecule has 0 N–H and O–H groups in total. The van der Waals surface area contributed by atoms with Crippen molar-refractivity contribution in [2.45, 2.75) is 30.7 Å². The summed E-state index contributed by atoms with van der Waals surface area (Å²) in [5.74, 6) is 1.14. The molecule has 162 valence electrons. The first kappa shape index (κ1) is 20.5. The maximum atomic E-state index is 13.9. The monoisotopic (exact) mass is 447 g/mol. The van der Waals surface area contributed by atoms with Gasteiger partial charge in [-0.15, -0.1) is 10.2 Å². The van der Waals surface area contributed by atoms with Gasteiger partial charge in [0.05, 0.1) is 12.3 Å². The zero-order chi connectivity index (χ0) is 21.9. The molecule has 0 atom stereocenters. The molecule has 0 saturated carbocycles. The van der Waals surface area contributed by atoms with Gasteiger partial charge in [-0.3, -0.25) is 4.40 Å².